The molecule has 0 aromatic rings. The van der Waals surface area contributed by atoms with Crippen LogP contribution in [0, 0.1) is 5.92 Å². The summed E-state index contributed by atoms with van der Waals surface area (Å²) in [7, 11) is 1.40. The molecule has 0 aliphatic carbocycles. The van der Waals surface area contributed by atoms with Crippen LogP contribution < -0.4 is 11.1 Å². The topological polar surface area (TPSA) is 50.4 Å². The van der Waals surface area contributed by atoms with Gasteiger partial charge in [-0.05, 0) is 0 Å². The minimum absolute atomic E-state index is 0. The van der Waals surface area contributed by atoms with Crippen molar-refractivity contribution >= 4 is 29.9 Å². The molecule has 0 amide bonds. The van der Waals surface area contributed by atoms with E-state index in [9.17, 15) is 13.2 Å². The van der Waals surface area contributed by atoms with Gasteiger partial charge in [-0.1, -0.05) is 6.92 Å². The number of nitrogens with zero attached hydrogens (tertiary/aromatic N) is 1. The van der Waals surface area contributed by atoms with Crippen LogP contribution in [0.1, 0.15) is 6.92 Å². The highest BCUT2D eigenvalue weighted by molar-refractivity contribution is 14.0. The summed E-state index contributed by atoms with van der Waals surface area (Å²) in [6, 6.07) is 0. The summed E-state index contributed by atoms with van der Waals surface area (Å²) in [4.78, 5) is 3.46. The lowest BCUT2D eigenvalue weighted by atomic mass is 10.2. The molecule has 0 fully saturated rings. The lowest BCUT2D eigenvalue weighted by molar-refractivity contribution is -0.167. The number of alkyl halides is 3. The first-order chi connectivity index (χ1) is 5.38. The molecular weight excluding hydrogens is 298 g/mol. The first-order valence-electron chi connectivity index (χ1n) is 3.40. The maximum absolute atomic E-state index is 11.9. The lowest BCUT2D eigenvalue weighted by Crippen LogP contribution is -2.38. The van der Waals surface area contributed by atoms with Crippen molar-refractivity contribution in [2.45, 2.75) is 13.1 Å². The number of guanidine groups is 1. The van der Waals surface area contributed by atoms with E-state index < -0.39 is 12.1 Å². The van der Waals surface area contributed by atoms with Gasteiger partial charge in [-0.2, -0.15) is 13.2 Å². The van der Waals surface area contributed by atoms with E-state index in [-0.39, 0.29) is 36.5 Å². The molecule has 0 spiro atoms. The van der Waals surface area contributed by atoms with Gasteiger partial charge in [-0.3, -0.25) is 4.99 Å². The molecule has 0 saturated carbocycles. The van der Waals surface area contributed by atoms with E-state index in [1.54, 1.807) is 0 Å². The fourth-order valence-electron chi connectivity index (χ4n) is 0.452. The molecule has 1 atom stereocenters. The maximum atomic E-state index is 11.9. The zero-order chi connectivity index (χ0) is 9.78. The Balaban J connectivity index is 0. The number of nitrogens with two attached hydrogens (primary N) is 1. The molecule has 0 bridgehead atoms. The Bertz CT molecular complexity index is 169. The van der Waals surface area contributed by atoms with Crippen molar-refractivity contribution in [2.24, 2.45) is 16.6 Å². The van der Waals surface area contributed by atoms with E-state index in [1.807, 2.05) is 0 Å². The highest BCUT2D eigenvalue weighted by Crippen LogP contribution is 2.24. The van der Waals surface area contributed by atoms with E-state index in [2.05, 4.69) is 10.3 Å². The Morgan fingerprint density at radius 1 is 1.54 bits per heavy atom. The molecule has 3 N–H and O–H groups in total. The van der Waals surface area contributed by atoms with Crippen molar-refractivity contribution in [3.8, 4) is 0 Å². The highest BCUT2D eigenvalue weighted by Gasteiger charge is 2.35. The standard InChI is InChI=1S/C6H12F3N3.HI/c1-4(6(7,8)9)3-12-5(10)11-2;/h4H,3H2,1-2H3,(H3,10,11,12);1H. The molecular formula is C6H13F3IN3. The van der Waals surface area contributed by atoms with E-state index in [1.165, 1.54) is 7.05 Å². The van der Waals surface area contributed by atoms with Crippen LogP contribution in [0.3, 0.4) is 0 Å². The second kappa shape index (κ2) is 6.28. The van der Waals surface area contributed by atoms with Crippen LogP contribution in [0.15, 0.2) is 4.99 Å². The van der Waals surface area contributed by atoms with Crippen LogP contribution in [-0.4, -0.2) is 25.7 Å². The predicted octanol–water partition coefficient (Wildman–Crippen LogP) is 1.34. The summed E-state index contributed by atoms with van der Waals surface area (Å²) < 4.78 is 35.6. The summed E-state index contributed by atoms with van der Waals surface area (Å²) in [6.07, 6.45) is -4.18. The van der Waals surface area contributed by atoms with Crippen LogP contribution in [0.25, 0.3) is 0 Å². The van der Waals surface area contributed by atoms with Crippen molar-refractivity contribution in [1.82, 2.24) is 5.32 Å². The molecule has 0 saturated heterocycles. The monoisotopic (exact) mass is 311 g/mol. The second-order valence-electron chi connectivity index (χ2n) is 2.43. The second-order valence-corrected chi connectivity index (χ2v) is 2.43. The summed E-state index contributed by atoms with van der Waals surface area (Å²) in [5.41, 5.74) is 5.14. The lowest BCUT2D eigenvalue weighted by Gasteiger charge is -2.15. The van der Waals surface area contributed by atoms with Crippen molar-refractivity contribution in [1.29, 1.82) is 0 Å². The average Bonchev–Trinajstić information content (AvgIpc) is 1.97. The van der Waals surface area contributed by atoms with Gasteiger partial charge < -0.3 is 11.1 Å². The van der Waals surface area contributed by atoms with Gasteiger partial charge in [0, 0.05) is 13.6 Å². The van der Waals surface area contributed by atoms with Crippen molar-refractivity contribution in [2.75, 3.05) is 13.6 Å². The summed E-state index contributed by atoms with van der Waals surface area (Å²) in [5.74, 6) is -1.40. The molecule has 7 heteroatoms. The molecule has 13 heavy (non-hydrogen) atoms. The molecule has 0 aliphatic heterocycles. The third-order valence-electron chi connectivity index (χ3n) is 1.39. The van der Waals surface area contributed by atoms with Gasteiger partial charge >= 0.3 is 6.18 Å². The predicted molar refractivity (Wildman–Crippen MR) is 56.2 cm³/mol. The Morgan fingerprint density at radius 3 is 2.31 bits per heavy atom. The van der Waals surface area contributed by atoms with Crippen LogP contribution in [0.4, 0.5) is 13.2 Å². The quantitative estimate of drug-likeness (QED) is 0.459. The molecule has 0 aromatic carbocycles. The number of nitrogens with one attached hydrogen (secondary N) is 1. The molecule has 1 unspecified atom stereocenters. The smallest absolute Gasteiger partial charge is 0.370 e. The first kappa shape index (κ1) is 15.3. The zero-order valence-electron chi connectivity index (χ0n) is 7.35. The summed E-state index contributed by atoms with van der Waals surface area (Å²) in [5, 5.41) is 2.35. The fourth-order valence-corrected chi connectivity index (χ4v) is 0.452. The van der Waals surface area contributed by atoms with Gasteiger partial charge in [0.05, 0.1) is 5.92 Å². The molecule has 0 aromatic heterocycles. The number of hydrogen-bond donors (Lipinski definition) is 2. The zero-order valence-corrected chi connectivity index (χ0v) is 9.68. The maximum Gasteiger partial charge on any atom is 0.393 e. The first-order valence-corrected chi connectivity index (χ1v) is 3.40. The number of rotatable bonds is 2. The molecule has 3 nitrogen and oxygen atoms in total. The minimum atomic E-state index is -4.18. The third-order valence-corrected chi connectivity index (χ3v) is 1.39. The number of aliphatic imine (C=N–C) groups is 1. The SMILES string of the molecule is CN=C(N)NCC(C)C(F)(F)F.I. The average molecular weight is 311 g/mol. The van der Waals surface area contributed by atoms with Gasteiger partial charge in [0.25, 0.3) is 0 Å². The Hall–Kier alpha value is -0.210. The van der Waals surface area contributed by atoms with Crippen molar-refractivity contribution in [3.05, 3.63) is 0 Å². The van der Waals surface area contributed by atoms with Crippen molar-refractivity contribution in [3.63, 3.8) is 0 Å². The fraction of sp³-hybridized carbons (Fsp3) is 0.833. The van der Waals surface area contributed by atoms with Crippen molar-refractivity contribution < 1.29 is 13.2 Å². The van der Waals surface area contributed by atoms with E-state index in [4.69, 9.17) is 5.73 Å². The third kappa shape index (κ3) is 6.91. The molecule has 0 rings (SSSR count). The molecule has 80 valence electrons. The molecule has 0 aliphatic rings. The minimum Gasteiger partial charge on any atom is -0.370 e. The van der Waals surface area contributed by atoms with Gasteiger partial charge in [0.2, 0.25) is 0 Å². The van der Waals surface area contributed by atoms with Gasteiger partial charge in [-0.15, -0.1) is 24.0 Å². The Kier molecular flexibility index (Phi) is 7.37. The van der Waals surface area contributed by atoms with Gasteiger partial charge in [-0.25, -0.2) is 0 Å². The van der Waals surface area contributed by atoms with E-state index in [0.29, 0.717) is 0 Å². The summed E-state index contributed by atoms with van der Waals surface area (Å²) >= 11 is 0. The van der Waals surface area contributed by atoms with Crippen LogP contribution in [0.2, 0.25) is 0 Å². The van der Waals surface area contributed by atoms with Crippen LogP contribution in [-0.2, 0) is 0 Å². The van der Waals surface area contributed by atoms with Crippen LogP contribution >= 0.6 is 24.0 Å². The van der Waals surface area contributed by atoms with E-state index in [0.717, 1.165) is 6.92 Å². The molecule has 0 radical (unpaired) electrons. The van der Waals surface area contributed by atoms with Gasteiger partial charge in [0.1, 0.15) is 0 Å². The van der Waals surface area contributed by atoms with Crippen LogP contribution in [0.5, 0.6) is 0 Å². The normalized spacial score (nSPS) is 14.7. The van der Waals surface area contributed by atoms with Gasteiger partial charge in [0.15, 0.2) is 5.96 Å². The van der Waals surface area contributed by atoms with E-state index >= 15 is 0 Å². The highest BCUT2D eigenvalue weighted by atomic mass is 127. The number of halogens is 4. The number of hydrogen-bond acceptors (Lipinski definition) is 1. The Labute approximate surface area is 92.0 Å². The Morgan fingerprint density at radius 2 is 2.00 bits per heavy atom. The summed E-state index contributed by atoms with van der Waals surface area (Å²) in [6.45, 7) is 0.836. The largest absolute Gasteiger partial charge is 0.393 e. The molecule has 0 heterocycles.